The number of piperazine rings is 1. The van der Waals surface area contributed by atoms with Crippen LogP contribution in [0.15, 0.2) is 48.7 Å². The van der Waals surface area contributed by atoms with Gasteiger partial charge in [0.05, 0.1) is 6.54 Å². The molecular weight excluding hydrogens is 307 g/mol. The van der Waals surface area contributed by atoms with E-state index in [9.17, 15) is 9.18 Å². The van der Waals surface area contributed by atoms with Gasteiger partial charge in [0.15, 0.2) is 0 Å². The summed E-state index contributed by atoms with van der Waals surface area (Å²) in [5.41, 5.74) is 1.94. The molecule has 5 nitrogen and oxygen atoms in total. The Morgan fingerprint density at radius 1 is 1.12 bits per heavy atom. The summed E-state index contributed by atoms with van der Waals surface area (Å²) in [6.45, 7) is 4.05. The summed E-state index contributed by atoms with van der Waals surface area (Å²) in [6.07, 6.45) is 1.48. The zero-order valence-electron chi connectivity index (χ0n) is 13.5. The molecule has 6 heteroatoms. The summed E-state index contributed by atoms with van der Waals surface area (Å²) in [5.74, 6) is -0.433. The first-order chi connectivity index (χ1) is 11.7. The van der Waals surface area contributed by atoms with Gasteiger partial charge in [0.1, 0.15) is 0 Å². The first kappa shape index (κ1) is 16.4. The maximum Gasteiger partial charge on any atom is 0.234 e. The molecule has 3 rings (SSSR count). The Morgan fingerprint density at radius 3 is 2.58 bits per heavy atom. The molecule has 24 heavy (non-hydrogen) atoms. The zero-order chi connectivity index (χ0) is 16.8. The highest BCUT2D eigenvalue weighted by Crippen LogP contribution is 2.16. The van der Waals surface area contributed by atoms with E-state index in [0.29, 0.717) is 13.1 Å². The van der Waals surface area contributed by atoms with E-state index in [2.05, 4.69) is 20.1 Å². The lowest BCUT2D eigenvalue weighted by Gasteiger charge is -2.35. The highest BCUT2D eigenvalue weighted by Gasteiger charge is 2.19. The molecule has 2 aromatic rings. The molecular formula is C18H21FN4O. The first-order valence-corrected chi connectivity index (χ1v) is 8.10. The topological polar surface area (TPSA) is 48.5 Å². The lowest BCUT2D eigenvalue weighted by Crippen LogP contribution is -2.49. The third-order valence-corrected chi connectivity index (χ3v) is 4.15. The average molecular weight is 328 g/mol. The van der Waals surface area contributed by atoms with Crippen molar-refractivity contribution in [2.75, 3.05) is 37.6 Å². The fraction of sp³-hybridized carbons (Fsp3) is 0.333. The number of nitrogens with one attached hydrogen (secondary N) is 1. The molecule has 1 aliphatic heterocycles. The summed E-state index contributed by atoms with van der Waals surface area (Å²) in [5, 5.41) is 2.94. The molecule has 0 radical (unpaired) electrons. The third-order valence-electron chi connectivity index (χ3n) is 4.15. The van der Waals surface area contributed by atoms with Crippen molar-refractivity contribution in [2.24, 2.45) is 0 Å². The van der Waals surface area contributed by atoms with Crippen LogP contribution in [0.5, 0.6) is 0 Å². The minimum atomic E-state index is -0.463. The first-order valence-electron chi connectivity index (χ1n) is 8.10. The van der Waals surface area contributed by atoms with Gasteiger partial charge in [-0.1, -0.05) is 30.3 Å². The fourth-order valence-electron chi connectivity index (χ4n) is 2.81. The molecule has 1 saturated heterocycles. The molecule has 1 N–H and O–H groups in total. The van der Waals surface area contributed by atoms with Gasteiger partial charge in [0, 0.05) is 50.7 Å². The summed E-state index contributed by atoms with van der Waals surface area (Å²) >= 11 is 0. The molecule has 1 amide bonds. The molecule has 126 valence electrons. The van der Waals surface area contributed by atoms with Crippen LogP contribution >= 0.6 is 0 Å². The number of nitrogens with zero attached hydrogens (tertiary/aromatic N) is 3. The molecule has 0 atom stereocenters. The number of carbonyl (C=O) groups is 1. The predicted molar refractivity (Wildman–Crippen MR) is 91.1 cm³/mol. The van der Waals surface area contributed by atoms with Crippen LogP contribution in [0.3, 0.4) is 0 Å². The van der Waals surface area contributed by atoms with Crippen molar-refractivity contribution < 1.29 is 9.18 Å². The molecule has 1 aromatic carbocycles. The zero-order valence-corrected chi connectivity index (χ0v) is 13.5. The highest BCUT2D eigenvalue weighted by molar-refractivity contribution is 5.78. The van der Waals surface area contributed by atoms with Crippen molar-refractivity contribution >= 4 is 11.6 Å². The number of hydrogen-bond acceptors (Lipinski definition) is 4. The maximum atomic E-state index is 13.2. The van der Waals surface area contributed by atoms with E-state index in [1.54, 1.807) is 0 Å². The van der Waals surface area contributed by atoms with Crippen LogP contribution in [0, 0.1) is 5.95 Å². The van der Waals surface area contributed by atoms with Crippen molar-refractivity contribution in [3.63, 3.8) is 0 Å². The second kappa shape index (κ2) is 7.88. The number of amides is 1. The lowest BCUT2D eigenvalue weighted by molar-refractivity contribution is -0.122. The molecule has 1 aromatic heterocycles. The number of benzene rings is 1. The minimum absolute atomic E-state index is 0.0299. The van der Waals surface area contributed by atoms with Gasteiger partial charge in [-0.05, 0) is 11.6 Å². The molecule has 0 spiro atoms. The fourth-order valence-corrected chi connectivity index (χ4v) is 2.81. The second-order valence-electron chi connectivity index (χ2n) is 5.86. The minimum Gasteiger partial charge on any atom is -0.369 e. The number of aromatic nitrogens is 1. The van der Waals surface area contributed by atoms with Crippen LogP contribution in [-0.2, 0) is 11.3 Å². The van der Waals surface area contributed by atoms with Gasteiger partial charge in [-0.2, -0.15) is 4.39 Å². The number of halogens is 1. The Hall–Kier alpha value is -2.47. The van der Waals surface area contributed by atoms with Gasteiger partial charge < -0.3 is 10.2 Å². The molecule has 1 aliphatic rings. The van der Waals surface area contributed by atoms with E-state index in [0.717, 1.165) is 37.4 Å². The normalized spacial score (nSPS) is 15.3. The predicted octanol–water partition coefficient (Wildman–Crippen LogP) is 1.66. The van der Waals surface area contributed by atoms with Gasteiger partial charge >= 0.3 is 0 Å². The smallest absolute Gasteiger partial charge is 0.234 e. The van der Waals surface area contributed by atoms with E-state index in [1.165, 1.54) is 12.3 Å². The number of pyridine rings is 1. The van der Waals surface area contributed by atoms with Crippen molar-refractivity contribution in [2.45, 2.75) is 6.54 Å². The van der Waals surface area contributed by atoms with Gasteiger partial charge in [0.2, 0.25) is 11.9 Å². The summed E-state index contributed by atoms with van der Waals surface area (Å²) in [6, 6.07) is 13.1. The van der Waals surface area contributed by atoms with E-state index in [1.807, 2.05) is 36.4 Å². The van der Waals surface area contributed by atoms with E-state index >= 15 is 0 Å². The molecule has 2 heterocycles. The van der Waals surface area contributed by atoms with Crippen LogP contribution in [-0.4, -0.2) is 48.5 Å². The standard InChI is InChI=1S/C18H21FN4O/c19-17-12-16(6-7-20-17)23-10-8-22(9-11-23)14-18(24)21-13-15-4-2-1-3-5-15/h1-7,12H,8-11,13-14H2,(H,21,24). The van der Waals surface area contributed by atoms with E-state index < -0.39 is 5.95 Å². The van der Waals surface area contributed by atoms with Crippen molar-refractivity contribution in [1.82, 2.24) is 15.2 Å². The highest BCUT2D eigenvalue weighted by atomic mass is 19.1. The second-order valence-corrected chi connectivity index (χ2v) is 5.86. The van der Waals surface area contributed by atoms with Gasteiger partial charge in [-0.15, -0.1) is 0 Å². The van der Waals surface area contributed by atoms with Gasteiger partial charge in [-0.3, -0.25) is 9.69 Å². The quantitative estimate of drug-likeness (QED) is 0.848. The van der Waals surface area contributed by atoms with Crippen LogP contribution in [0.25, 0.3) is 0 Å². The number of anilines is 1. The number of hydrogen-bond donors (Lipinski definition) is 1. The SMILES string of the molecule is O=C(CN1CCN(c2ccnc(F)c2)CC1)NCc1ccccc1. The molecule has 0 unspecified atom stereocenters. The third kappa shape index (κ3) is 4.52. The molecule has 0 saturated carbocycles. The summed E-state index contributed by atoms with van der Waals surface area (Å²) in [4.78, 5) is 19.9. The van der Waals surface area contributed by atoms with Crippen molar-refractivity contribution in [3.05, 3.63) is 60.2 Å². The van der Waals surface area contributed by atoms with E-state index in [-0.39, 0.29) is 5.91 Å². The summed E-state index contributed by atoms with van der Waals surface area (Å²) in [7, 11) is 0. The van der Waals surface area contributed by atoms with Crippen LogP contribution in [0.2, 0.25) is 0 Å². The monoisotopic (exact) mass is 328 g/mol. The van der Waals surface area contributed by atoms with Crippen LogP contribution in [0.1, 0.15) is 5.56 Å². The average Bonchev–Trinajstić information content (AvgIpc) is 2.61. The lowest BCUT2D eigenvalue weighted by atomic mass is 10.2. The number of carbonyl (C=O) groups excluding carboxylic acids is 1. The van der Waals surface area contributed by atoms with E-state index in [4.69, 9.17) is 0 Å². The largest absolute Gasteiger partial charge is 0.369 e. The van der Waals surface area contributed by atoms with Crippen molar-refractivity contribution in [3.8, 4) is 0 Å². The van der Waals surface area contributed by atoms with Crippen LogP contribution < -0.4 is 10.2 Å². The molecule has 0 bridgehead atoms. The van der Waals surface area contributed by atoms with Crippen molar-refractivity contribution in [1.29, 1.82) is 0 Å². The van der Waals surface area contributed by atoms with Gasteiger partial charge in [0.25, 0.3) is 0 Å². The molecule has 1 fully saturated rings. The molecule has 0 aliphatic carbocycles. The van der Waals surface area contributed by atoms with Gasteiger partial charge in [-0.25, -0.2) is 4.98 Å². The van der Waals surface area contributed by atoms with Crippen LogP contribution in [0.4, 0.5) is 10.1 Å². The maximum absolute atomic E-state index is 13.2. The summed E-state index contributed by atoms with van der Waals surface area (Å²) < 4.78 is 13.2. The Labute approximate surface area is 141 Å². The Balaban J connectivity index is 1.42. The Bertz CT molecular complexity index is 672. The Morgan fingerprint density at radius 2 is 1.88 bits per heavy atom. The Kier molecular flexibility index (Phi) is 5.38. The number of rotatable bonds is 5.